The fourth-order valence-corrected chi connectivity index (χ4v) is 5.35. The number of hydrogen-bond acceptors (Lipinski definition) is 5. The van der Waals surface area contributed by atoms with Crippen molar-refractivity contribution < 1.29 is 22.6 Å². The van der Waals surface area contributed by atoms with Gasteiger partial charge in [-0.1, -0.05) is 60.7 Å². The van der Waals surface area contributed by atoms with Crippen LogP contribution < -0.4 is 14.2 Å². The van der Waals surface area contributed by atoms with Crippen LogP contribution in [0.25, 0.3) is 0 Å². The van der Waals surface area contributed by atoms with E-state index in [-0.39, 0.29) is 5.75 Å². The summed E-state index contributed by atoms with van der Waals surface area (Å²) in [4.78, 5) is 0. The summed E-state index contributed by atoms with van der Waals surface area (Å²) in [5.41, 5.74) is 1.82. The fraction of sp³-hybridized carbons (Fsp3) is 0.217. The van der Waals surface area contributed by atoms with Gasteiger partial charge >= 0.3 is 0 Å². The van der Waals surface area contributed by atoms with E-state index in [1.807, 2.05) is 48.5 Å². The Labute approximate surface area is 171 Å². The zero-order valence-corrected chi connectivity index (χ0v) is 17.5. The van der Waals surface area contributed by atoms with Crippen molar-refractivity contribution in [3.05, 3.63) is 89.5 Å². The zero-order chi connectivity index (χ0) is 20.9. The number of hydrogen-bond donors (Lipinski definition) is 0. The summed E-state index contributed by atoms with van der Waals surface area (Å²) in [5, 5.41) is -0.959. The molecule has 0 spiro atoms. The summed E-state index contributed by atoms with van der Waals surface area (Å²) in [6.45, 7) is 0. The SMILES string of the molecule is COc1cc(OC)c(C(c2ccccc2)S(=O)(=O)Cc2ccccc2)c(OC)c1. The van der Waals surface area contributed by atoms with Crippen molar-refractivity contribution in [1.82, 2.24) is 0 Å². The van der Waals surface area contributed by atoms with Crippen LogP contribution in [0.15, 0.2) is 72.8 Å². The molecule has 0 saturated heterocycles. The van der Waals surface area contributed by atoms with E-state index in [1.165, 1.54) is 21.3 Å². The average molecular weight is 413 g/mol. The minimum Gasteiger partial charge on any atom is -0.496 e. The molecule has 5 nitrogen and oxygen atoms in total. The second-order valence-corrected chi connectivity index (χ2v) is 8.61. The van der Waals surface area contributed by atoms with Gasteiger partial charge in [-0.2, -0.15) is 0 Å². The second kappa shape index (κ2) is 9.01. The van der Waals surface area contributed by atoms with Crippen LogP contribution in [0, 0.1) is 0 Å². The number of ether oxygens (including phenoxy) is 3. The molecule has 6 heteroatoms. The minimum atomic E-state index is -3.67. The van der Waals surface area contributed by atoms with Crippen molar-refractivity contribution in [1.29, 1.82) is 0 Å². The van der Waals surface area contributed by atoms with E-state index in [0.29, 0.717) is 28.4 Å². The summed E-state index contributed by atoms with van der Waals surface area (Å²) >= 11 is 0. The third kappa shape index (κ3) is 4.54. The Balaban J connectivity index is 2.23. The van der Waals surface area contributed by atoms with Crippen LogP contribution in [0.4, 0.5) is 0 Å². The van der Waals surface area contributed by atoms with Gasteiger partial charge in [-0.25, -0.2) is 8.42 Å². The van der Waals surface area contributed by atoms with Gasteiger partial charge in [0.15, 0.2) is 9.84 Å². The van der Waals surface area contributed by atoms with E-state index in [9.17, 15) is 8.42 Å². The highest BCUT2D eigenvalue weighted by molar-refractivity contribution is 7.91. The molecule has 0 aliphatic rings. The highest BCUT2D eigenvalue weighted by Crippen LogP contribution is 2.45. The Morgan fingerprint density at radius 1 is 0.759 bits per heavy atom. The van der Waals surface area contributed by atoms with Gasteiger partial charge in [0, 0.05) is 12.1 Å². The molecule has 3 aromatic rings. The topological polar surface area (TPSA) is 61.8 Å². The van der Waals surface area contributed by atoms with Crippen molar-refractivity contribution >= 4 is 9.84 Å². The van der Waals surface area contributed by atoms with Gasteiger partial charge in [-0.3, -0.25) is 0 Å². The normalized spacial score (nSPS) is 12.2. The molecule has 0 aromatic heterocycles. The Morgan fingerprint density at radius 3 is 1.76 bits per heavy atom. The Kier molecular flexibility index (Phi) is 6.44. The first-order chi connectivity index (χ1) is 14.0. The predicted molar refractivity (Wildman–Crippen MR) is 113 cm³/mol. The molecule has 1 atom stereocenters. The van der Waals surface area contributed by atoms with Crippen LogP contribution in [0.2, 0.25) is 0 Å². The standard InChI is InChI=1S/C23H24O5S/c1-26-19-14-20(27-2)22(21(15-19)28-3)23(18-12-8-5-9-13-18)29(24,25)16-17-10-6-4-7-11-17/h4-15,23H,16H2,1-3H3. The van der Waals surface area contributed by atoms with Gasteiger partial charge in [0.25, 0.3) is 0 Å². The van der Waals surface area contributed by atoms with Gasteiger partial charge in [0.2, 0.25) is 0 Å². The summed E-state index contributed by atoms with van der Waals surface area (Å²) in [6, 6.07) is 21.6. The summed E-state index contributed by atoms with van der Waals surface area (Å²) in [7, 11) is 0.876. The van der Waals surface area contributed by atoms with Crippen LogP contribution in [0.5, 0.6) is 17.2 Å². The number of benzene rings is 3. The Morgan fingerprint density at radius 2 is 1.28 bits per heavy atom. The van der Waals surface area contributed by atoms with Gasteiger partial charge in [-0.05, 0) is 11.1 Å². The second-order valence-electron chi connectivity index (χ2n) is 6.53. The van der Waals surface area contributed by atoms with Crippen LogP contribution in [-0.4, -0.2) is 29.7 Å². The Hall–Kier alpha value is -2.99. The third-order valence-corrected chi connectivity index (χ3v) is 6.65. The molecule has 152 valence electrons. The van der Waals surface area contributed by atoms with Crippen LogP contribution in [-0.2, 0) is 15.6 Å². The van der Waals surface area contributed by atoms with E-state index in [2.05, 4.69) is 0 Å². The lowest BCUT2D eigenvalue weighted by Gasteiger charge is -2.24. The molecule has 0 bridgehead atoms. The third-order valence-electron chi connectivity index (χ3n) is 4.69. The molecule has 0 aliphatic carbocycles. The molecular weight excluding hydrogens is 388 g/mol. The van der Waals surface area contributed by atoms with E-state index in [1.54, 1.807) is 24.3 Å². The molecule has 0 fully saturated rings. The lowest BCUT2D eigenvalue weighted by atomic mass is 10.0. The largest absolute Gasteiger partial charge is 0.496 e. The number of sulfone groups is 1. The minimum absolute atomic E-state index is 0.105. The summed E-state index contributed by atoms with van der Waals surface area (Å²) in [5.74, 6) is 1.21. The molecule has 0 N–H and O–H groups in total. The molecule has 1 unspecified atom stereocenters. The number of methoxy groups -OCH3 is 3. The first-order valence-electron chi connectivity index (χ1n) is 9.10. The van der Waals surface area contributed by atoms with Crippen molar-refractivity contribution in [2.24, 2.45) is 0 Å². The molecule has 0 saturated carbocycles. The molecule has 0 amide bonds. The molecule has 0 aliphatic heterocycles. The van der Waals surface area contributed by atoms with Crippen LogP contribution in [0.1, 0.15) is 21.9 Å². The van der Waals surface area contributed by atoms with E-state index in [4.69, 9.17) is 14.2 Å². The maximum atomic E-state index is 13.6. The summed E-state index contributed by atoms with van der Waals surface area (Å²) < 4.78 is 43.7. The zero-order valence-electron chi connectivity index (χ0n) is 16.7. The molecule has 29 heavy (non-hydrogen) atoms. The van der Waals surface area contributed by atoms with Crippen molar-refractivity contribution in [3.8, 4) is 17.2 Å². The highest BCUT2D eigenvalue weighted by Gasteiger charge is 2.34. The number of rotatable bonds is 8. The van der Waals surface area contributed by atoms with Crippen molar-refractivity contribution in [2.45, 2.75) is 11.0 Å². The molecule has 0 heterocycles. The van der Waals surface area contributed by atoms with Gasteiger partial charge in [0.1, 0.15) is 22.5 Å². The highest BCUT2D eigenvalue weighted by atomic mass is 32.2. The van der Waals surface area contributed by atoms with Gasteiger partial charge in [0.05, 0.1) is 32.6 Å². The van der Waals surface area contributed by atoms with Crippen LogP contribution >= 0.6 is 0 Å². The molecule has 3 rings (SSSR count). The average Bonchev–Trinajstić information content (AvgIpc) is 2.74. The van der Waals surface area contributed by atoms with E-state index in [0.717, 1.165) is 5.56 Å². The fourth-order valence-electron chi connectivity index (χ4n) is 3.36. The smallest absolute Gasteiger partial charge is 0.165 e. The Bertz CT molecular complexity index is 1020. The quantitative estimate of drug-likeness (QED) is 0.548. The lowest BCUT2D eigenvalue weighted by Crippen LogP contribution is -2.19. The first kappa shape index (κ1) is 20.7. The summed E-state index contributed by atoms with van der Waals surface area (Å²) in [6.07, 6.45) is 0. The molecule has 0 radical (unpaired) electrons. The monoisotopic (exact) mass is 412 g/mol. The van der Waals surface area contributed by atoms with Gasteiger partial charge < -0.3 is 14.2 Å². The van der Waals surface area contributed by atoms with E-state index < -0.39 is 15.1 Å². The van der Waals surface area contributed by atoms with Crippen molar-refractivity contribution in [2.75, 3.05) is 21.3 Å². The van der Waals surface area contributed by atoms with Gasteiger partial charge in [-0.15, -0.1) is 0 Å². The molecule has 3 aromatic carbocycles. The maximum Gasteiger partial charge on any atom is 0.165 e. The predicted octanol–water partition coefficient (Wildman–Crippen LogP) is 4.42. The van der Waals surface area contributed by atoms with Crippen molar-refractivity contribution in [3.63, 3.8) is 0 Å². The maximum absolute atomic E-state index is 13.6. The molecular formula is C23H24O5S. The van der Waals surface area contributed by atoms with E-state index >= 15 is 0 Å². The van der Waals surface area contributed by atoms with Crippen LogP contribution in [0.3, 0.4) is 0 Å². The first-order valence-corrected chi connectivity index (χ1v) is 10.8. The lowest BCUT2D eigenvalue weighted by molar-refractivity contribution is 0.369.